The van der Waals surface area contributed by atoms with Gasteiger partial charge in [0.15, 0.2) is 5.79 Å². The molecule has 1 aliphatic heterocycles. The molecule has 1 aliphatic rings. The SMILES string of the molecule is COC(CCC(F)(F)F)(OC)c1ccc(CCN2CCCC2)c(N)c1. The van der Waals surface area contributed by atoms with Crippen molar-refractivity contribution in [1.29, 1.82) is 0 Å². The molecule has 0 bridgehead atoms. The first-order valence-electron chi connectivity index (χ1n) is 8.58. The summed E-state index contributed by atoms with van der Waals surface area (Å²) in [6.07, 6.45) is -2.30. The second kappa shape index (κ2) is 8.38. The fraction of sp³-hybridized carbons (Fsp3) is 0.667. The quantitative estimate of drug-likeness (QED) is 0.567. The lowest BCUT2D eigenvalue weighted by atomic mass is 9.96. The number of methoxy groups -OCH3 is 2. The Labute approximate surface area is 147 Å². The first kappa shape index (κ1) is 20.0. The van der Waals surface area contributed by atoms with Crippen LogP contribution in [-0.2, 0) is 21.7 Å². The molecule has 2 rings (SSSR count). The summed E-state index contributed by atoms with van der Waals surface area (Å²) in [4.78, 5) is 2.39. The summed E-state index contributed by atoms with van der Waals surface area (Å²) in [6.45, 7) is 3.18. The summed E-state index contributed by atoms with van der Waals surface area (Å²) in [6, 6.07) is 5.28. The molecule has 0 atom stereocenters. The number of hydrogen-bond donors (Lipinski definition) is 1. The first-order chi connectivity index (χ1) is 11.8. The molecule has 0 aliphatic carbocycles. The fourth-order valence-electron chi connectivity index (χ4n) is 3.32. The van der Waals surface area contributed by atoms with Gasteiger partial charge < -0.3 is 20.1 Å². The number of likely N-dealkylation sites (tertiary alicyclic amines) is 1. The van der Waals surface area contributed by atoms with Crippen LogP contribution >= 0.6 is 0 Å². The maximum absolute atomic E-state index is 12.6. The van der Waals surface area contributed by atoms with Gasteiger partial charge in [-0.3, -0.25) is 0 Å². The average Bonchev–Trinajstić information content (AvgIpc) is 3.08. The summed E-state index contributed by atoms with van der Waals surface area (Å²) in [5.41, 5.74) is 8.20. The summed E-state index contributed by atoms with van der Waals surface area (Å²) >= 11 is 0. The number of benzene rings is 1. The molecule has 1 saturated heterocycles. The Hall–Kier alpha value is -1.31. The van der Waals surface area contributed by atoms with Gasteiger partial charge in [-0.1, -0.05) is 12.1 Å². The molecule has 0 unspecified atom stereocenters. The number of nitrogens with zero attached hydrogens (tertiary/aromatic N) is 1. The van der Waals surface area contributed by atoms with E-state index >= 15 is 0 Å². The first-order valence-corrected chi connectivity index (χ1v) is 8.58. The lowest BCUT2D eigenvalue weighted by Crippen LogP contribution is -2.32. The third-order valence-electron chi connectivity index (χ3n) is 4.88. The lowest BCUT2D eigenvalue weighted by molar-refractivity contribution is -0.237. The zero-order chi connectivity index (χ0) is 18.5. The van der Waals surface area contributed by atoms with Gasteiger partial charge in [-0.2, -0.15) is 13.2 Å². The second-order valence-electron chi connectivity index (χ2n) is 6.49. The number of nitrogens with two attached hydrogens (primary N) is 1. The van der Waals surface area contributed by atoms with Crippen molar-refractivity contribution in [2.24, 2.45) is 0 Å². The van der Waals surface area contributed by atoms with E-state index in [1.807, 2.05) is 6.07 Å². The zero-order valence-electron chi connectivity index (χ0n) is 14.9. The number of hydrogen-bond acceptors (Lipinski definition) is 4. The van der Waals surface area contributed by atoms with Gasteiger partial charge in [-0.15, -0.1) is 0 Å². The Morgan fingerprint density at radius 1 is 1.08 bits per heavy atom. The number of ether oxygens (including phenoxy) is 2. The van der Waals surface area contributed by atoms with E-state index in [2.05, 4.69) is 4.90 Å². The minimum atomic E-state index is -4.27. The van der Waals surface area contributed by atoms with Crippen LogP contribution in [0.15, 0.2) is 18.2 Å². The van der Waals surface area contributed by atoms with Crippen LogP contribution in [0.5, 0.6) is 0 Å². The summed E-state index contributed by atoms with van der Waals surface area (Å²) < 4.78 is 48.5. The van der Waals surface area contributed by atoms with E-state index in [0.29, 0.717) is 11.3 Å². The van der Waals surface area contributed by atoms with Crippen molar-refractivity contribution in [3.8, 4) is 0 Å². The normalized spacial score (nSPS) is 16.5. The molecule has 0 saturated carbocycles. The van der Waals surface area contributed by atoms with Crippen LogP contribution in [-0.4, -0.2) is 44.9 Å². The minimum Gasteiger partial charge on any atom is -0.398 e. The monoisotopic (exact) mass is 360 g/mol. The molecule has 25 heavy (non-hydrogen) atoms. The molecule has 0 spiro atoms. The van der Waals surface area contributed by atoms with Gasteiger partial charge in [-0.25, -0.2) is 0 Å². The van der Waals surface area contributed by atoms with E-state index in [9.17, 15) is 13.2 Å². The highest BCUT2D eigenvalue weighted by molar-refractivity contribution is 5.50. The summed E-state index contributed by atoms with van der Waals surface area (Å²) in [7, 11) is 2.69. The van der Waals surface area contributed by atoms with Crippen molar-refractivity contribution in [2.75, 3.05) is 39.6 Å². The van der Waals surface area contributed by atoms with Crippen LogP contribution in [0.4, 0.5) is 18.9 Å². The van der Waals surface area contributed by atoms with E-state index < -0.39 is 18.4 Å². The van der Waals surface area contributed by atoms with Gasteiger partial charge in [0, 0.05) is 44.9 Å². The standard InChI is InChI=1S/C18H27F3N2O2/c1-24-17(25-2,8-9-18(19,20)21)15-6-5-14(16(22)13-15)7-12-23-10-3-4-11-23/h5-6,13H,3-4,7-12,22H2,1-2H3. The van der Waals surface area contributed by atoms with Crippen LogP contribution in [0.1, 0.15) is 36.8 Å². The van der Waals surface area contributed by atoms with E-state index in [-0.39, 0.29) is 6.42 Å². The molecule has 0 aromatic heterocycles. The minimum absolute atomic E-state index is 0.323. The molecular formula is C18H27F3N2O2. The molecule has 1 heterocycles. The second-order valence-corrected chi connectivity index (χ2v) is 6.49. The molecule has 4 nitrogen and oxygen atoms in total. The van der Waals surface area contributed by atoms with Crippen molar-refractivity contribution in [2.45, 2.75) is 44.1 Å². The highest BCUT2D eigenvalue weighted by atomic mass is 19.4. The van der Waals surface area contributed by atoms with Gasteiger partial charge in [0.25, 0.3) is 0 Å². The molecule has 2 N–H and O–H groups in total. The average molecular weight is 360 g/mol. The van der Waals surface area contributed by atoms with Crippen molar-refractivity contribution >= 4 is 5.69 Å². The van der Waals surface area contributed by atoms with E-state index in [1.54, 1.807) is 12.1 Å². The number of anilines is 1. The lowest BCUT2D eigenvalue weighted by Gasteiger charge is -2.32. The van der Waals surface area contributed by atoms with E-state index in [4.69, 9.17) is 15.2 Å². The molecule has 1 aromatic carbocycles. The predicted octanol–water partition coefficient (Wildman–Crippen LogP) is 3.70. The largest absolute Gasteiger partial charge is 0.398 e. The van der Waals surface area contributed by atoms with Crippen LogP contribution in [0.2, 0.25) is 0 Å². The number of rotatable bonds is 8. The van der Waals surface area contributed by atoms with Gasteiger partial charge in [0.05, 0.1) is 0 Å². The van der Waals surface area contributed by atoms with Crippen molar-refractivity contribution in [1.82, 2.24) is 4.90 Å². The Kier molecular flexibility index (Phi) is 6.71. The Morgan fingerprint density at radius 3 is 2.24 bits per heavy atom. The molecule has 1 fully saturated rings. The maximum Gasteiger partial charge on any atom is 0.389 e. The van der Waals surface area contributed by atoms with Crippen LogP contribution in [0.3, 0.4) is 0 Å². The van der Waals surface area contributed by atoms with Crippen molar-refractivity contribution in [3.05, 3.63) is 29.3 Å². The number of halogens is 3. The highest BCUT2D eigenvalue weighted by Crippen LogP contribution is 2.36. The fourth-order valence-corrected chi connectivity index (χ4v) is 3.32. The Bertz CT molecular complexity index is 554. The third-order valence-corrected chi connectivity index (χ3v) is 4.88. The van der Waals surface area contributed by atoms with E-state index in [1.165, 1.54) is 27.1 Å². The summed E-state index contributed by atoms with van der Waals surface area (Å²) in [5.74, 6) is -1.45. The highest BCUT2D eigenvalue weighted by Gasteiger charge is 2.38. The number of nitrogen functional groups attached to an aromatic ring is 1. The third kappa shape index (κ3) is 5.33. The maximum atomic E-state index is 12.6. The topological polar surface area (TPSA) is 47.7 Å². The molecule has 0 radical (unpaired) electrons. The van der Waals surface area contributed by atoms with Crippen molar-refractivity contribution < 1.29 is 22.6 Å². The van der Waals surface area contributed by atoms with Crippen molar-refractivity contribution in [3.63, 3.8) is 0 Å². The predicted molar refractivity (Wildman–Crippen MR) is 91.2 cm³/mol. The number of alkyl halides is 3. The van der Waals surface area contributed by atoms with Gasteiger partial charge >= 0.3 is 6.18 Å². The van der Waals surface area contributed by atoms with Gasteiger partial charge in [-0.05, 0) is 44.0 Å². The molecule has 1 aromatic rings. The van der Waals surface area contributed by atoms with Crippen LogP contribution in [0.25, 0.3) is 0 Å². The smallest absolute Gasteiger partial charge is 0.389 e. The molecule has 7 heteroatoms. The van der Waals surface area contributed by atoms with Crippen LogP contribution < -0.4 is 5.73 Å². The zero-order valence-corrected chi connectivity index (χ0v) is 14.9. The van der Waals surface area contributed by atoms with Crippen LogP contribution in [0, 0.1) is 0 Å². The molecular weight excluding hydrogens is 333 g/mol. The Balaban J connectivity index is 2.11. The molecule has 142 valence electrons. The van der Waals surface area contributed by atoms with Gasteiger partial charge in [0.2, 0.25) is 0 Å². The Morgan fingerprint density at radius 2 is 1.72 bits per heavy atom. The molecule has 0 amide bonds. The van der Waals surface area contributed by atoms with Gasteiger partial charge in [0.1, 0.15) is 0 Å². The summed E-state index contributed by atoms with van der Waals surface area (Å²) in [5, 5.41) is 0. The van der Waals surface area contributed by atoms with E-state index in [0.717, 1.165) is 31.6 Å².